The molecule has 7 nitrogen and oxygen atoms in total. The van der Waals surface area contributed by atoms with Gasteiger partial charge in [0, 0.05) is 6.54 Å². The number of hydrogen-bond donors (Lipinski definition) is 3. The highest BCUT2D eigenvalue weighted by atomic mass is 19.4. The molecule has 0 bridgehead atoms. The first-order valence-electron chi connectivity index (χ1n) is 6.06. The maximum Gasteiger partial charge on any atom is 0.490 e. The largest absolute Gasteiger partial charge is 0.490 e. The summed E-state index contributed by atoms with van der Waals surface area (Å²) in [5.41, 5.74) is 6.20. The van der Waals surface area contributed by atoms with Crippen molar-refractivity contribution in [2.24, 2.45) is 5.73 Å². The van der Waals surface area contributed by atoms with Crippen molar-refractivity contribution >= 4 is 12.1 Å². The fraction of sp³-hybridized carbons (Fsp3) is 0.308. The van der Waals surface area contributed by atoms with Gasteiger partial charge in [-0.2, -0.15) is 18.4 Å². The number of nitrogens with zero attached hydrogens (tertiary/aromatic N) is 1. The third-order valence-corrected chi connectivity index (χ3v) is 2.09. The van der Waals surface area contributed by atoms with Crippen LogP contribution in [0.2, 0.25) is 0 Å². The molecule has 1 unspecified atom stereocenters. The summed E-state index contributed by atoms with van der Waals surface area (Å²) in [6, 6.07) is 10.4. The summed E-state index contributed by atoms with van der Waals surface area (Å²) in [6.45, 7) is 0.290. The van der Waals surface area contributed by atoms with Crippen LogP contribution in [0.3, 0.4) is 0 Å². The number of halogens is 3. The van der Waals surface area contributed by atoms with Gasteiger partial charge in [-0.05, 0) is 5.56 Å². The van der Waals surface area contributed by atoms with E-state index in [-0.39, 0.29) is 13.2 Å². The van der Waals surface area contributed by atoms with Crippen LogP contribution in [-0.2, 0) is 16.1 Å². The van der Waals surface area contributed by atoms with E-state index in [0.29, 0.717) is 0 Å². The minimum absolute atomic E-state index is 0.0874. The zero-order valence-electron chi connectivity index (χ0n) is 11.7. The predicted molar refractivity (Wildman–Crippen MR) is 71.9 cm³/mol. The van der Waals surface area contributed by atoms with Crippen LogP contribution < -0.4 is 11.1 Å². The van der Waals surface area contributed by atoms with Crippen molar-refractivity contribution in [3.8, 4) is 6.07 Å². The normalized spacial score (nSPS) is 11.3. The Morgan fingerprint density at radius 1 is 1.35 bits per heavy atom. The van der Waals surface area contributed by atoms with Crippen LogP contribution in [0, 0.1) is 11.3 Å². The smallest absolute Gasteiger partial charge is 0.475 e. The van der Waals surface area contributed by atoms with E-state index in [4.69, 9.17) is 25.6 Å². The molecule has 0 aliphatic heterocycles. The number of nitrogens with two attached hydrogens (primary N) is 1. The number of alkyl carbamates (subject to hydrolysis) is 1. The lowest BCUT2D eigenvalue weighted by Gasteiger charge is -2.07. The number of aliphatic carboxylic acids is 1. The van der Waals surface area contributed by atoms with Crippen molar-refractivity contribution in [2.75, 3.05) is 6.54 Å². The average Bonchev–Trinajstić information content (AvgIpc) is 2.51. The number of carbonyl (C=O) groups excluding carboxylic acids is 1. The molecular weight excluding hydrogens is 319 g/mol. The molecule has 1 atom stereocenters. The van der Waals surface area contributed by atoms with E-state index in [2.05, 4.69) is 5.32 Å². The highest BCUT2D eigenvalue weighted by Crippen LogP contribution is 2.13. The second-order valence-electron chi connectivity index (χ2n) is 3.98. The fourth-order valence-corrected chi connectivity index (χ4v) is 1.01. The standard InChI is InChI=1S/C11H13N3O2.C2HF3O2/c12-6-10(13)7-14-11(15)16-8-9-4-2-1-3-5-9;3-2(4,5)1(6)7/h1-5,10H,7-8,13H2,(H,14,15);(H,6,7). The van der Waals surface area contributed by atoms with Crippen molar-refractivity contribution < 1.29 is 32.6 Å². The maximum absolute atomic E-state index is 11.1. The highest BCUT2D eigenvalue weighted by molar-refractivity contribution is 5.73. The lowest BCUT2D eigenvalue weighted by Crippen LogP contribution is -2.36. The Balaban J connectivity index is 0.000000585. The van der Waals surface area contributed by atoms with Gasteiger partial charge in [0.25, 0.3) is 0 Å². The molecule has 0 saturated carbocycles. The molecule has 0 radical (unpaired) electrons. The number of carboxylic acid groups (broad SMARTS) is 1. The van der Waals surface area contributed by atoms with Crippen molar-refractivity contribution in [2.45, 2.75) is 18.8 Å². The molecule has 4 N–H and O–H groups in total. The molecule has 0 aromatic heterocycles. The van der Waals surface area contributed by atoms with Gasteiger partial charge in [-0.3, -0.25) is 0 Å². The fourth-order valence-electron chi connectivity index (χ4n) is 1.01. The van der Waals surface area contributed by atoms with Gasteiger partial charge in [0.15, 0.2) is 0 Å². The van der Waals surface area contributed by atoms with E-state index in [0.717, 1.165) is 5.56 Å². The zero-order chi connectivity index (χ0) is 17.9. The molecule has 0 fully saturated rings. The lowest BCUT2D eigenvalue weighted by atomic mass is 10.2. The monoisotopic (exact) mass is 333 g/mol. The number of carbonyl (C=O) groups is 2. The van der Waals surface area contributed by atoms with Gasteiger partial charge in [-0.25, -0.2) is 9.59 Å². The first-order chi connectivity index (χ1) is 10.7. The van der Waals surface area contributed by atoms with Gasteiger partial charge in [0.05, 0.1) is 6.07 Å². The number of rotatable bonds is 4. The number of nitriles is 1. The molecular formula is C13H14F3N3O4. The summed E-state index contributed by atoms with van der Waals surface area (Å²) in [6.07, 6.45) is -5.66. The summed E-state index contributed by atoms with van der Waals surface area (Å²) >= 11 is 0. The molecule has 23 heavy (non-hydrogen) atoms. The van der Waals surface area contributed by atoms with Crippen LogP contribution in [0.15, 0.2) is 30.3 Å². The Labute approximate surface area is 129 Å². The molecule has 1 amide bonds. The Hall–Kier alpha value is -2.80. The van der Waals surface area contributed by atoms with Gasteiger partial charge in [-0.1, -0.05) is 30.3 Å². The van der Waals surface area contributed by atoms with Crippen molar-refractivity contribution in [3.63, 3.8) is 0 Å². The van der Waals surface area contributed by atoms with Gasteiger partial charge < -0.3 is 20.9 Å². The number of ether oxygens (including phenoxy) is 1. The van der Waals surface area contributed by atoms with Crippen LogP contribution in [-0.4, -0.2) is 35.9 Å². The molecule has 10 heteroatoms. The second-order valence-corrected chi connectivity index (χ2v) is 3.98. The van der Waals surface area contributed by atoms with Crippen molar-refractivity contribution in [1.29, 1.82) is 5.26 Å². The van der Waals surface area contributed by atoms with E-state index in [1.165, 1.54) is 0 Å². The van der Waals surface area contributed by atoms with Crippen LogP contribution in [0.5, 0.6) is 0 Å². The molecule has 0 aliphatic carbocycles. The first kappa shape index (κ1) is 20.2. The number of amides is 1. The van der Waals surface area contributed by atoms with Gasteiger partial charge >= 0.3 is 18.2 Å². The first-order valence-corrected chi connectivity index (χ1v) is 6.06. The third kappa shape index (κ3) is 10.6. The average molecular weight is 333 g/mol. The number of hydrogen-bond acceptors (Lipinski definition) is 5. The van der Waals surface area contributed by atoms with E-state index in [9.17, 15) is 18.0 Å². The lowest BCUT2D eigenvalue weighted by molar-refractivity contribution is -0.192. The molecule has 1 aromatic rings. The highest BCUT2D eigenvalue weighted by Gasteiger charge is 2.38. The number of nitrogens with one attached hydrogen (secondary N) is 1. The SMILES string of the molecule is N#CC(N)CNC(=O)OCc1ccccc1.O=C(O)C(F)(F)F. The molecule has 0 saturated heterocycles. The van der Waals surface area contributed by atoms with Crippen molar-refractivity contribution in [3.05, 3.63) is 35.9 Å². The summed E-state index contributed by atoms with van der Waals surface area (Å²) in [7, 11) is 0. The number of carboxylic acids is 1. The number of benzene rings is 1. The molecule has 1 aromatic carbocycles. The molecule has 1 rings (SSSR count). The topological polar surface area (TPSA) is 125 Å². The Bertz CT molecular complexity index is 544. The minimum atomic E-state index is -5.08. The minimum Gasteiger partial charge on any atom is -0.475 e. The zero-order valence-corrected chi connectivity index (χ0v) is 11.7. The third-order valence-electron chi connectivity index (χ3n) is 2.09. The second kappa shape index (κ2) is 10.0. The number of alkyl halides is 3. The van der Waals surface area contributed by atoms with Gasteiger partial charge in [0.2, 0.25) is 0 Å². The van der Waals surface area contributed by atoms with Crippen LogP contribution >= 0.6 is 0 Å². The van der Waals surface area contributed by atoms with E-state index < -0.39 is 24.3 Å². The Morgan fingerprint density at radius 2 is 1.87 bits per heavy atom. The summed E-state index contributed by atoms with van der Waals surface area (Å²) in [4.78, 5) is 20.0. The van der Waals surface area contributed by atoms with Gasteiger partial charge in [-0.15, -0.1) is 0 Å². The van der Waals surface area contributed by atoms with E-state index in [1.54, 1.807) is 6.07 Å². The van der Waals surface area contributed by atoms with Crippen LogP contribution in [0.1, 0.15) is 5.56 Å². The summed E-state index contributed by atoms with van der Waals surface area (Å²) in [5, 5.41) is 17.9. The molecule has 0 aliphatic rings. The molecule has 0 spiro atoms. The van der Waals surface area contributed by atoms with Crippen molar-refractivity contribution in [1.82, 2.24) is 5.32 Å². The summed E-state index contributed by atoms with van der Waals surface area (Å²) < 4.78 is 36.6. The van der Waals surface area contributed by atoms with E-state index in [1.807, 2.05) is 30.3 Å². The van der Waals surface area contributed by atoms with Crippen LogP contribution in [0.25, 0.3) is 0 Å². The van der Waals surface area contributed by atoms with Crippen LogP contribution in [0.4, 0.5) is 18.0 Å². The molecule has 0 heterocycles. The Kier molecular flexibility index (Phi) is 8.80. The Morgan fingerprint density at radius 3 is 2.30 bits per heavy atom. The maximum atomic E-state index is 11.1. The molecule has 126 valence electrons. The quantitative estimate of drug-likeness (QED) is 0.764. The van der Waals surface area contributed by atoms with E-state index >= 15 is 0 Å². The predicted octanol–water partition coefficient (Wildman–Crippen LogP) is 1.40. The van der Waals surface area contributed by atoms with Gasteiger partial charge in [0.1, 0.15) is 12.6 Å². The summed E-state index contributed by atoms with van der Waals surface area (Å²) in [5.74, 6) is -2.76.